The molecule has 0 atom stereocenters. The van der Waals surface area contributed by atoms with E-state index >= 15 is 0 Å². The zero-order valence-corrected chi connectivity index (χ0v) is 9.22. The lowest BCUT2D eigenvalue weighted by atomic mass is 10.2. The highest BCUT2D eigenvalue weighted by Gasteiger charge is 2.14. The second-order valence-corrected chi connectivity index (χ2v) is 3.62. The molecule has 88 valence electrons. The summed E-state index contributed by atoms with van der Waals surface area (Å²) in [5.41, 5.74) is 0.849. The predicted octanol–water partition coefficient (Wildman–Crippen LogP) is 1.22. The molecule has 2 aromatic rings. The monoisotopic (exact) mass is 234 g/mol. The lowest BCUT2D eigenvalue weighted by Gasteiger charge is -2.15. The number of nitrogens with zero attached hydrogens (tertiary/aromatic N) is 3. The van der Waals surface area contributed by atoms with Crippen LogP contribution in [-0.2, 0) is 6.54 Å². The van der Waals surface area contributed by atoms with Crippen molar-refractivity contribution in [3.8, 4) is 0 Å². The van der Waals surface area contributed by atoms with E-state index in [9.17, 15) is 9.18 Å². The van der Waals surface area contributed by atoms with Crippen molar-refractivity contribution in [1.82, 2.24) is 20.1 Å². The summed E-state index contributed by atoms with van der Waals surface area (Å²) in [5.74, 6) is -0.362. The van der Waals surface area contributed by atoms with E-state index in [0.717, 1.165) is 5.56 Å². The first-order valence-electron chi connectivity index (χ1n) is 5.02. The molecule has 0 aliphatic heterocycles. The second-order valence-electron chi connectivity index (χ2n) is 3.62. The molecule has 5 nitrogen and oxygen atoms in total. The molecule has 2 rings (SSSR count). The number of H-pyrrole nitrogens is 1. The van der Waals surface area contributed by atoms with Gasteiger partial charge in [0.15, 0.2) is 0 Å². The molecule has 1 amide bonds. The maximum absolute atomic E-state index is 12.7. The van der Waals surface area contributed by atoms with Crippen LogP contribution in [0.15, 0.2) is 30.6 Å². The van der Waals surface area contributed by atoms with Crippen LogP contribution < -0.4 is 0 Å². The summed E-state index contributed by atoms with van der Waals surface area (Å²) in [6, 6.07) is 6.00. The summed E-state index contributed by atoms with van der Waals surface area (Å²) < 4.78 is 12.7. The van der Waals surface area contributed by atoms with E-state index in [1.165, 1.54) is 23.4 Å². The number of aromatic nitrogens is 3. The van der Waals surface area contributed by atoms with Crippen molar-refractivity contribution in [1.29, 1.82) is 0 Å². The number of rotatable bonds is 3. The van der Waals surface area contributed by atoms with Gasteiger partial charge in [-0.2, -0.15) is 5.10 Å². The Morgan fingerprint density at radius 2 is 2.12 bits per heavy atom. The van der Waals surface area contributed by atoms with Crippen LogP contribution in [0.4, 0.5) is 4.39 Å². The zero-order chi connectivity index (χ0) is 12.3. The first-order valence-corrected chi connectivity index (χ1v) is 5.02. The van der Waals surface area contributed by atoms with E-state index in [2.05, 4.69) is 15.2 Å². The Labute approximate surface area is 97.3 Å². The highest BCUT2D eigenvalue weighted by molar-refractivity contribution is 5.90. The number of carbonyl (C=O) groups is 1. The molecule has 0 radical (unpaired) electrons. The first-order chi connectivity index (χ1) is 8.16. The van der Waals surface area contributed by atoms with Gasteiger partial charge in [-0.05, 0) is 17.7 Å². The summed E-state index contributed by atoms with van der Waals surface area (Å²) in [7, 11) is 1.65. The van der Waals surface area contributed by atoms with Gasteiger partial charge in [0.2, 0.25) is 5.82 Å². The zero-order valence-electron chi connectivity index (χ0n) is 9.22. The molecule has 0 bridgehead atoms. The van der Waals surface area contributed by atoms with Crippen molar-refractivity contribution in [3.05, 3.63) is 47.8 Å². The molecular weight excluding hydrogens is 223 g/mol. The average Bonchev–Trinajstić information content (AvgIpc) is 2.84. The van der Waals surface area contributed by atoms with Gasteiger partial charge >= 0.3 is 0 Å². The molecule has 0 aliphatic carbocycles. The third-order valence-corrected chi connectivity index (χ3v) is 2.30. The minimum Gasteiger partial charge on any atom is -0.335 e. The smallest absolute Gasteiger partial charge is 0.291 e. The van der Waals surface area contributed by atoms with E-state index in [1.54, 1.807) is 19.2 Å². The van der Waals surface area contributed by atoms with E-state index in [0.29, 0.717) is 6.54 Å². The van der Waals surface area contributed by atoms with Crippen molar-refractivity contribution < 1.29 is 9.18 Å². The van der Waals surface area contributed by atoms with Gasteiger partial charge in [-0.25, -0.2) is 9.37 Å². The Balaban J connectivity index is 2.04. The van der Waals surface area contributed by atoms with Crippen LogP contribution in [0.1, 0.15) is 16.2 Å². The molecule has 0 spiro atoms. The third-order valence-electron chi connectivity index (χ3n) is 2.30. The lowest BCUT2D eigenvalue weighted by molar-refractivity contribution is 0.0773. The van der Waals surface area contributed by atoms with Crippen LogP contribution >= 0.6 is 0 Å². The molecule has 0 saturated carbocycles. The largest absolute Gasteiger partial charge is 0.335 e. The van der Waals surface area contributed by atoms with Gasteiger partial charge < -0.3 is 4.90 Å². The molecule has 1 heterocycles. The Kier molecular flexibility index (Phi) is 3.13. The van der Waals surface area contributed by atoms with Crippen LogP contribution in [0.5, 0.6) is 0 Å². The van der Waals surface area contributed by atoms with Gasteiger partial charge in [-0.1, -0.05) is 12.1 Å². The number of halogens is 1. The Morgan fingerprint density at radius 3 is 2.71 bits per heavy atom. The molecule has 0 unspecified atom stereocenters. The number of aromatic amines is 1. The number of nitrogens with one attached hydrogen (secondary N) is 1. The molecule has 1 aromatic carbocycles. The molecule has 0 aliphatic rings. The van der Waals surface area contributed by atoms with Crippen molar-refractivity contribution >= 4 is 5.91 Å². The van der Waals surface area contributed by atoms with Gasteiger partial charge in [0, 0.05) is 13.6 Å². The highest BCUT2D eigenvalue weighted by Crippen LogP contribution is 2.07. The van der Waals surface area contributed by atoms with Crippen molar-refractivity contribution in [2.24, 2.45) is 0 Å². The standard InChI is InChI=1S/C11H11FN4O/c1-16(11(17)10-13-7-14-15-10)6-8-2-4-9(12)5-3-8/h2-5,7H,6H2,1H3,(H,13,14,15). The normalized spacial score (nSPS) is 10.2. The Hall–Kier alpha value is -2.24. The van der Waals surface area contributed by atoms with Crippen molar-refractivity contribution in [2.75, 3.05) is 7.05 Å². The van der Waals surface area contributed by atoms with E-state index in [-0.39, 0.29) is 17.5 Å². The molecule has 1 aromatic heterocycles. The number of hydrogen-bond acceptors (Lipinski definition) is 3. The molecule has 6 heteroatoms. The van der Waals surface area contributed by atoms with Gasteiger partial charge in [-0.3, -0.25) is 9.89 Å². The quantitative estimate of drug-likeness (QED) is 0.868. The van der Waals surface area contributed by atoms with Crippen LogP contribution in [0.2, 0.25) is 0 Å². The van der Waals surface area contributed by atoms with Gasteiger partial charge in [0.05, 0.1) is 0 Å². The lowest BCUT2D eigenvalue weighted by Crippen LogP contribution is -2.27. The highest BCUT2D eigenvalue weighted by atomic mass is 19.1. The molecular formula is C11H11FN4O. The average molecular weight is 234 g/mol. The predicted molar refractivity (Wildman–Crippen MR) is 58.6 cm³/mol. The summed E-state index contributed by atoms with van der Waals surface area (Å²) in [4.78, 5) is 17.1. The Bertz CT molecular complexity index is 495. The summed E-state index contributed by atoms with van der Waals surface area (Å²) in [6.45, 7) is 0.389. The van der Waals surface area contributed by atoms with E-state index in [4.69, 9.17) is 0 Å². The molecule has 17 heavy (non-hydrogen) atoms. The van der Waals surface area contributed by atoms with Crippen LogP contribution in [0.3, 0.4) is 0 Å². The van der Waals surface area contributed by atoms with E-state index < -0.39 is 0 Å². The minimum absolute atomic E-state index is 0.189. The Morgan fingerprint density at radius 1 is 1.41 bits per heavy atom. The number of amides is 1. The van der Waals surface area contributed by atoms with Crippen LogP contribution in [-0.4, -0.2) is 33.0 Å². The molecule has 1 N–H and O–H groups in total. The van der Waals surface area contributed by atoms with Crippen LogP contribution in [0.25, 0.3) is 0 Å². The van der Waals surface area contributed by atoms with Crippen LogP contribution in [0, 0.1) is 5.82 Å². The molecule has 0 fully saturated rings. The summed E-state index contributed by atoms with van der Waals surface area (Å²) >= 11 is 0. The molecule has 0 saturated heterocycles. The SMILES string of the molecule is CN(Cc1ccc(F)cc1)C(=O)c1ncn[nH]1. The topological polar surface area (TPSA) is 61.9 Å². The van der Waals surface area contributed by atoms with Crippen molar-refractivity contribution in [2.45, 2.75) is 6.54 Å². The minimum atomic E-state index is -0.294. The van der Waals surface area contributed by atoms with E-state index in [1.807, 2.05) is 0 Å². The maximum Gasteiger partial charge on any atom is 0.291 e. The fourth-order valence-corrected chi connectivity index (χ4v) is 1.42. The van der Waals surface area contributed by atoms with Crippen molar-refractivity contribution in [3.63, 3.8) is 0 Å². The van der Waals surface area contributed by atoms with Gasteiger partial charge in [0.1, 0.15) is 12.1 Å². The fraction of sp³-hybridized carbons (Fsp3) is 0.182. The van der Waals surface area contributed by atoms with Gasteiger partial charge in [-0.15, -0.1) is 0 Å². The van der Waals surface area contributed by atoms with Gasteiger partial charge in [0.25, 0.3) is 5.91 Å². The second kappa shape index (κ2) is 4.73. The number of hydrogen-bond donors (Lipinski definition) is 1. The first kappa shape index (κ1) is 11.3. The number of carbonyl (C=O) groups excluding carboxylic acids is 1. The summed E-state index contributed by atoms with van der Waals surface area (Å²) in [6.07, 6.45) is 1.28. The number of benzene rings is 1. The fourth-order valence-electron chi connectivity index (χ4n) is 1.42. The third kappa shape index (κ3) is 2.66. The summed E-state index contributed by atoms with van der Waals surface area (Å²) in [5, 5.41) is 6.11. The maximum atomic E-state index is 12.7.